The highest BCUT2D eigenvalue weighted by Crippen LogP contribution is 2.26. The number of hydrogen-bond acceptors (Lipinski definition) is 5. The number of amides is 2. The lowest BCUT2D eigenvalue weighted by molar-refractivity contribution is 0.168. The van der Waals surface area contributed by atoms with Gasteiger partial charge in [-0.3, -0.25) is 4.90 Å². The van der Waals surface area contributed by atoms with Crippen molar-refractivity contribution in [2.24, 2.45) is 0 Å². The molecule has 0 aromatic carbocycles. The zero-order chi connectivity index (χ0) is 14.8. The number of aryl methyl sites for hydroxylation is 1. The van der Waals surface area contributed by atoms with Gasteiger partial charge in [0.2, 0.25) is 0 Å². The summed E-state index contributed by atoms with van der Waals surface area (Å²) in [6.45, 7) is 7.86. The summed E-state index contributed by atoms with van der Waals surface area (Å²) in [4.78, 5) is 17.9. The average molecular weight is 309 g/mol. The predicted octanol–water partition coefficient (Wildman–Crippen LogP) is 1.61. The minimum absolute atomic E-state index is 0.0389. The van der Waals surface area contributed by atoms with Gasteiger partial charge in [-0.25, -0.2) is 4.79 Å². The summed E-state index contributed by atoms with van der Waals surface area (Å²) in [6, 6.07) is 0.867. The van der Waals surface area contributed by atoms with Crippen LogP contribution in [0.15, 0.2) is 0 Å². The molecule has 3 heterocycles. The summed E-state index contributed by atoms with van der Waals surface area (Å²) in [7, 11) is 0. The third-order valence-electron chi connectivity index (χ3n) is 4.73. The van der Waals surface area contributed by atoms with E-state index in [1.807, 2.05) is 11.8 Å². The predicted molar refractivity (Wildman–Crippen MR) is 82.3 cm³/mol. The summed E-state index contributed by atoms with van der Waals surface area (Å²) in [5.74, 6) is 0. The van der Waals surface area contributed by atoms with Crippen molar-refractivity contribution in [1.29, 1.82) is 0 Å². The Labute approximate surface area is 129 Å². The molecule has 2 fully saturated rings. The molecule has 2 atom stereocenters. The molecule has 1 N–H and O–H groups in total. The van der Waals surface area contributed by atoms with Crippen molar-refractivity contribution < 1.29 is 4.79 Å². The van der Waals surface area contributed by atoms with Crippen LogP contribution in [0.5, 0.6) is 0 Å². The van der Waals surface area contributed by atoms with E-state index in [-0.39, 0.29) is 6.03 Å². The molecule has 0 bridgehead atoms. The van der Waals surface area contributed by atoms with E-state index < -0.39 is 0 Å². The van der Waals surface area contributed by atoms with Crippen LogP contribution in [0.4, 0.5) is 4.79 Å². The normalized spacial score (nSPS) is 26.5. The van der Waals surface area contributed by atoms with Crippen LogP contribution in [-0.2, 0) is 6.54 Å². The van der Waals surface area contributed by atoms with Crippen molar-refractivity contribution in [1.82, 2.24) is 24.7 Å². The maximum absolute atomic E-state index is 12.4. The molecule has 2 aliphatic rings. The first-order valence-corrected chi connectivity index (χ1v) is 8.50. The van der Waals surface area contributed by atoms with Gasteiger partial charge in [0.15, 0.2) is 0 Å². The molecule has 2 aliphatic heterocycles. The van der Waals surface area contributed by atoms with E-state index in [4.69, 9.17) is 0 Å². The van der Waals surface area contributed by atoms with E-state index in [9.17, 15) is 4.79 Å². The highest BCUT2D eigenvalue weighted by atomic mass is 32.1. The van der Waals surface area contributed by atoms with Gasteiger partial charge in [-0.2, -0.15) is 0 Å². The third-order valence-corrected chi connectivity index (χ3v) is 5.55. The highest BCUT2D eigenvalue weighted by molar-refractivity contribution is 7.05. The van der Waals surface area contributed by atoms with Crippen LogP contribution in [0, 0.1) is 6.92 Å². The average Bonchev–Trinajstić information content (AvgIpc) is 3.17. The number of likely N-dealkylation sites (tertiary alicyclic amines) is 2. The van der Waals surface area contributed by atoms with Crippen LogP contribution in [-0.4, -0.2) is 57.1 Å². The van der Waals surface area contributed by atoms with Crippen LogP contribution < -0.4 is 5.32 Å². The van der Waals surface area contributed by atoms with Crippen molar-refractivity contribution in [3.8, 4) is 0 Å². The Morgan fingerprint density at radius 1 is 1.38 bits per heavy atom. The summed E-state index contributed by atoms with van der Waals surface area (Å²) in [5, 5.41) is 6.98. The van der Waals surface area contributed by atoms with Crippen molar-refractivity contribution in [2.45, 2.75) is 51.7 Å². The second kappa shape index (κ2) is 6.27. The molecule has 6 nitrogen and oxygen atoms in total. The molecule has 21 heavy (non-hydrogen) atoms. The van der Waals surface area contributed by atoms with Crippen molar-refractivity contribution >= 4 is 17.6 Å². The van der Waals surface area contributed by atoms with E-state index in [2.05, 4.69) is 26.7 Å². The Kier molecular flexibility index (Phi) is 4.40. The van der Waals surface area contributed by atoms with Crippen molar-refractivity contribution in [2.75, 3.05) is 19.6 Å². The lowest BCUT2D eigenvalue weighted by Gasteiger charge is -2.30. The lowest BCUT2D eigenvalue weighted by Crippen LogP contribution is -2.47. The molecule has 2 saturated heterocycles. The van der Waals surface area contributed by atoms with Gasteiger partial charge in [0.05, 0.1) is 17.1 Å². The van der Waals surface area contributed by atoms with Gasteiger partial charge in [-0.15, -0.1) is 5.10 Å². The molecule has 1 aromatic rings. The quantitative estimate of drug-likeness (QED) is 0.921. The first-order chi connectivity index (χ1) is 10.2. The van der Waals surface area contributed by atoms with Gasteiger partial charge in [0.25, 0.3) is 0 Å². The molecular weight excluding hydrogens is 286 g/mol. The smallest absolute Gasteiger partial charge is 0.317 e. The molecule has 116 valence electrons. The summed E-state index contributed by atoms with van der Waals surface area (Å²) in [6.07, 6.45) is 3.69. The van der Waals surface area contributed by atoms with E-state index in [0.29, 0.717) is 18.6 Å². The van der Waals surface area contributed by atoms with Crippen LogP contribution >= 0.6 is 11.5 Å². The van der Waals surface area contributed by atoms with Crippen LogP contribution in [0.2, 0.25) is 0 Å². The fraction of sp³-hybridized carbons (Fsp3) is 0.786. The maximum atomic E-state index is 12.4. The molecule has 2 unspecified atom stereocenters. The number of hydrogen-bond donors (Lipinski definition) is 1. The molecule has 0 saturated carbocycles. The zero-order valence-electron chi connectivity index (χ0n) is 12.7. The number of carbonyl (C=O) groups excluding carboxylic acids is 1. The van der Waals surface area contributed by atoms with Gasteiger partial charge < -0.3 is 10.2 Å². The number of nitrogens with one attached hydrogen (secondary N) is 1. The van der Waals surface area contributed by atoms with Gasteiger partial charge in [0, 0.05) is 18.6 Å². The standard InChI is InChI=1S/C14H23N5OS/c1-10-13(21-17-16-10)9-15-14(20)19-8-5-12(11(19)2)18-6-3-4-7-18/h11-12H,3-9H2,1-2H3,(H,15,20). The first kappa shape index (κ1) is 14.7. The Hall–Kier alpha value is -1.21. The Balaban J connectivity index is 1.54. The number of aromatic nitrogens is 2. The lowest BCUT2D eigenvalue weighted by atomic mass is 10.1. The second-order valence-corrected chi connectivity index (χ2v) is 6.81. The van der Waals surface area contributed by atoms with E-state index >= 15 is 0 Å². The fourth-order valence-electron chi connectivity index (χ4n) is 3.44. The molecule has 1 aromatic heterocycles. The van der Waals surface area contributed by atoms with Crippen molar-refractivity contribution in [3.63, 3.8) is 0 Å². The van der Waals surface area contributed by atoms with Crippen LogP contribution in [0.25, 0.3) is 0 Å². The molecule has 3 rings (SSSR count). The maximum Gasteiger partial charge on any atom is 0.317 e. The van der Waals surface area contributed by atoms with Gasteiger partial charge in [-0.05, 0) is 57.7 Å². The first-order valence-electron chi connectivity index (χ1n) is 7.73. The van der Waals surface area contributed by atoms with E-state index in [1.165, 1.54) is 37.5 Å². The fourth-order valence-corrected chi connectivity index (χ4v) is 4.01. The summed E-state index contributed by atoms with van der Waals surface area (Å²) >= 11 is 1.35. The minimum Gasteiger partial charge on any atom is -0.333 e. The van der Waals surface area contributed by atoms with Gasteiger partial charge in [-0.1, -0.05) is 4.49 Å². The summed E-state index contributed by atoms with van der Waals surface area (Å²) < 4.78 is 3.90. The zero-order valence-corrected chi connectivity index (χ0v) is 13.5. The molecule has 0 radical (unpaired) electrons. The molecule has 0 aliphatic carbocycles. The molecule has 7 heteroatoms. The van der Waals surface area contributed by atoms with Crippen LogP contribution in [0.3, 0.4) is 0 Å². The van der Waals surface area contributed by atoms with Gasteiger partial charge >= 0.3 is 6.03 Å². The number of urea groups is 1. The Morgan fingerprint density at radius 2 is 2.14 bits per heavy atom. The van der Waals surface area contributed by atoms with Crippen molar-refractivity contribution in [3.05, 3.63) is 10.6 Å². The highest BCUT2D eigenvalue weighted by Gasteiger charge is 2.37. The van der Waals surface area contributed by atoms with Crippen LogP contribution in [0.1, 0.15) is 36.8 Å². The third kappa shape index (κ3) is 3.03. The second-order valence-electron chi connectivity index (χ2n) is 5.97. The molecule has 0 spiro atoms. The molecule has 2 amide bonds. The minimum atomic E-state index is 0.0389. The number of carbonyl (C=O) groups is 1. The van der Waals surface area contributed by atoms with E-state index in [0.717, 1.165) is 23.5 Å². The van der Waals surface area contributed by atoms with E-state index in [1.54, 1.807) is 0 Å². The Bertz CT molecular complexity index is 499. The monoisotopic (exact) mass is 309 g/mol. The number of rotatable bonds is 3. The van der Waals surface area contributed by atoms with Gasteiger partial charge in [0.1, 0.15) is 0 Å². The number of nitrogens with zero attached hydrogens (tertiary/aromatic N) is 4. The topological polar surface area (TPSA) is 61.4 Å². The largest absolute Gasteiger partial charge is 0.333 e. The summed E-state index contributed by atoms with van der Waals surface area (Å²) in [5.41, 5.74) is 0.907. The molecular formula is C14H23N5OS. The Morgan fingerprint density at radius 3 is 2.81 bits per heavy atom. The SMILES string of the molecule is Cc1nnsc1CNC(=O)N1CCC(N2CCCC2)C1C.